The standard InChI is InChI=1S/C13H16N2O4/c14-12(17)11-10(16)6-7-15(11)13(18)19-8-9-4-2-1-3-5-9/h1-5,10-11,16H,6-8H2,(H2,14,17)/t10-,11-/m0/s1. The molecule has 6 nitrogen and oxygen atoms in total. The van der Waals surface area contributed by atoms with Gasteiger partial charge in [0, 0.05) is 6.54 Å². The van der Waals surface area contributed by atoms with Crippen LogP contribution in [0.5, 0.6) is 0 Å². The van der Waals surface area contributed by atoms with Crippen molar-refractivity contribution in [3.05, 3.63) is 35.9 Å². The number of likely N-dealkylation sites (tertiary alicyclic amines) is 1. The van der Waals surface area contributed by atoms with E-state index in [0.717, 1.165) is 5.56 Å². The van der Waals surface area contributed by atoms with Gasteiger partial charge in [0.05, 0.1) is 6.10 Å². The summed E-state index contributed by atoms with van der Waals surface area (Å²) in [5.74, 6) is -0.721. The van der Waals surface area contributed by atoms with E-state index in [0.29, 0.717) is 6.42 Å². The van der Waals surface area contributed by atoms with Gasteiger partial charge in [0.25, 0.3) is 0 Å². The lowest BCUT2D eigenvalue weighted by molar-refractivity contribution is -0.124. The Balaban J connectivity index is 1.95. The van der Waals surface area contributed by atoms with Gasteiger partial charge in [0.2, 0.25) is 5.91 Å². The molecule has 1 saturated heterocycles. The van der Waals surface area contributed by atoms with E-state index in [1.54, 1.807) is 0 Å². The van der Waals surface area contributed by atoms with E-state index in [-0.39, 0.29) is 13.2 Å². The molecule has 0 bridgehead atoms. The monoisotopic (exact) mass is 264 g/mol. The van der Waals surface area contributed by atoms with Crippen molar-refractivity contribution in [2.24, 2.45) is 5.73 Å². The highest BCUT2D eigenvalue weighted by atomic mass is 16.6. The molecule has 1 fully saturated rings. The molecular weight excluding hydrogens is 248 g/mol. The first kappa shape index (κ1) is 13.4. The van der Waals surface area contributed by atoms with E-state index >= 15 is 0 Å². The number of ether oxygens (including phenoxy) is 1. The van der Waals surface area contributed by atoms with Crippen molar-refractivity contribution in [1.82, 2.24) is 4.90 Å². The van der Waals surface area contributed by atoms with Gasteiger partial charge in [-0.05, 0) is 12.0 Å². The third kappa shape index (κ3) is 3.03. The van der Waals surface area contributed by atoms with Gasteiger partial charge >= 0.3 is 6.09 Å². The average Bonchev–Trinajstić information content (AvgIpc) is 2.79. The zero-order valence-electron chi connectivity index (χ0n) is 10.4. The second-order valence-electron chi connectivity index (χ2n) is 4.44. The molecule has 6 heteroatoms. The maximum atomic E-state index is 11.9. The highest BCUT2D eigenvalue weighted by Crippen LogP contribution is 2.19. The molecule has 1 aliphatic rings. The van der Waals surface area contributed by atoms with Crippen molar-refractivity contribution in [2.75, 3.05) is 6.54 Å². The Morgan fingerprint density at radius 3 is 2.68 bits per heavy atom. The number of hydrogen-bond donors (Lipinski definition) is 2. The molecule has 0 radical (unpaired) electrons. The van der Waals surface area contributed by atoms with E-state index in [2.05, 4.69) is 0 Å². The predicted molar refractivity (Wildman–Crippen MR) is 66.9 cm³/mol. The minimum absolute atomic E-state index is 0.123. The Bertz CT molecular complexity index is 463. The van der Waals surface area contributed by atoms with E-state index in [4.69, 9.17) is 10.5 Å². The van der Waals surface area contributed by atoms with Crippen LogP contribution < -0.4 is 5.73 Å². The summed E-state index contributed by atoms with van der Waals surface area (Å²) in [4.78, 5) is 24.3. The van der Waals surface area contributed by atoms with E-state index in [9.17, 15) is 14.7 Å². The molecule has 1 heterocycles. The second kappa shape index (κ2) is 5.71. The van der Waals surface area contributed by atoms with Crippen molar-refractivity contribution < 1.29 is 19.4 Å². The number of primary amides is 1. The van der Waals surface area contributed by atoms with E-state index < -0.39 is 24.1 Å². The number of benzene rings is 1. The minimum Gasteiger partial charge on any atom is -0.445 e. The summed E-state index contributed by atoms with van der Waals surface area (Å²) in [6.45, 7) is 0.389. The molecule has 0 spiro atoms. The third-order valence-electron chi connectivity index (χ3n) is 3.10. The Morgan fingerprint density at radius 2 is 2.05 bits per heavy atom. The number of aliphatic hydroxyl groups excluding tert-OH is 1. The number of nitrogens with two attached hydrogens (primary N) is 1. The van der Waals surface area contributed by atoms with Gasteiger partial charge in [-0.2, -0.15) is 0 Å². The molecule has 102 valence electrons. The lowest BCUT2D eigenvalue weighted by atomic mass is 10.1. The van der Waals surface area contributed by atoms with Crippen molar-refractivity contribution in [3.63, 3.8) is 0 Å². The first-order chi connectivity index (χ1) is 9.09. The molecule has 2 rings (SSSR count). The highest BCUT2D eigenvalue weighted by molar-refractivity contribution is 5.85. The molecule has 3 N–H and O–H groups in total. The quantitative estimate of drug-likeness (QED) is 0.818. The molecule has 1 aromatic rings. The summed E-state index contributed by atoms with van der Waals surface area (Å²) in [5.41, 5.74) is 6.03. The first-order valence-electron chi connectivity index (χ1n) is 6.04. The second-order valence-corrected chi connectivity index (χ2v) is 4.44. The van der Waals surface area contributed by atoms with Crippen molar-refractivity contribution in [2.45, 2.75) is 25.2 Å². The van der Waals surface area contributed by atoms with Gasteiger partial charge in [0.15, 0.2) is 0 Å². The lowest BCUT2D eigenvalue weighted by Crippen LogP contribution is -2.48. The van der Waals surface area contributed by atoms with Crippen molar-refractivity contribution in [3.8, 4) is 0 Å². The van der Waals surface area contributed by atoms with Crippen LogP contribution >= 0.6 is 0 Å². The van der Waals surface area contributed by atoms with Crippen LogP contribution in [0.1, 0.15) is 12.0 Å². The molecule has 0 aromatic heterocycles. The minimum atomic E-state index is -0.997. The summed E-state index contributed by atoms with van der Waals surface area (Å²) < 4.78 is 5.11. The molecule has 1 aromatic carbocycles. The summed E-state index contributed by atoms with van der Waals surface area (Å²) in [6, 6.07) is 8.22. The topological polar surface area (TPSA) is 92.9 Å². The van der Waals surface area contributed by atoms with E-state index in [1.807, 2.05) is 30.3 Å². The molecule has 0 saturated carbocycles. The fraction of sp³-hybridized carbons (Fsp3) is 0.385. The highest BCUT2D eigenvalue weighted by Gasteiger charge is 2.40. The lowest BCUT2D eigenvalue weighted by Gasteiger charge is -2.22. The molecule has 1 aliphatic heterocycles. The first-order valence-corrected chi connectivity index (χ1v) is 6.04. The Hall–Kier alpha value is -2.08. The van der Waals surface area contributed by atoms with Gasteiger partial charge in [-0.1, -0.05) is 30.3 Å². The molecule has 0 aliphatic carbocycles. The van der Waals surface area contributed by atoms with Crippen LogP contribution in [0, 0.1) is 0 Å². The Morgan fingerprint density at radius 1 is 1.37 bits per heavy atom. The number of nitrogens with zero attached hydrogens (tertiary/aromatic N) is 1. The number of rotatable bonds is 3. The van der Waals surface area contributed by atoms with Gasteiger partial charge in [0.1, 0.15) is 12.6 Å². The maximum Gasteiger partial charge on any atom is 0.410 e. The number of carbonyl (C=O) groups excluding carboxylic acids is 2. The van der Waals surface area contributed by atoms with Gasteiger partial charge < -0.3 is 15.6 Å². The fourth-order valence-corrected chi connectivity index (χ4v) is 2.13. The van der Waals surface area contributed by atoms with Crippen LogP contribution in [0.4, 0.5) is 4.79 Å². The molecule has 0 unspecified atom stereocenters. The summed E-state index contributed by atoms with van der Waals surface area (Å²) >= 11 is 0. The maximum absolute atomic E-state index is 11.9. The van der Waals surface area contributed by atoms with Crippen molar-refractivity contribution in [1.29, 1.82) is 0 Å². The third-order valence-corrected chi connectivity index (χ3v) is 3.10. The molecule has 19 heavy (non-hydrogen) atoms. The molecular formula is C13H16N2O4. The van der Waals surface area contributed by atoms with Crippen LogP contribution in [-0.2, 0) is 16.1 Å². The number of amides is 2. The predicted octanol–water partition coefficient (Wildman–Crippen LogP) is 0.244. The normalized spacial score (nSPS) is 22.3. The van der Waals surface area contributed by atoms with Crippen LogP contribution in [-0.4, -0.2) is 40.7 Å². The van der Waals surface area contributed by atoms with Crippen LogP contribution in [0.2, 0.25) is 0 Å². The summed E-state index contributed by atoms with van der Waals surface area (Å²) in [6.07, 6.45) is -1.22. The van der Waals surface area contributed by atoms with E-state index in [1.165, 1.54) is 4.90 Å². The molecule has 2 amide bonds. The Labute approximate surface area is 110 Å². The number of hydrogen-bond acceptors (Lipinski definition) is 4. The zero-order chi connectivity index (χ0) is 13.8. The molecule has 2 atom stereocenters. The zero-order valence-corrected chi connectivity index (χ0v) is 10.4. The Kier molecular flexibility index (Phi) is 4.01. The summed E-state index contributed by atoms with van der Waals surface area (Å²) in [5, 5.41) is 9.61. The van der Waals surface area contributed by atoms with Crippen LogP contribution in [0.15, 0.2) is 30.3 Å². The van der Waals surface area contributed by atoms with Crippen molar-refractivity contribution >= 4 is 12.0 Å². The van der Waals surface area contributed by atoms with Crippen LogP contribution in [0.25, 0.3) is 0 Å². The smallest absolute Gasteiger partial charge is 0.410 e. The SMILES string of the molecule is NC(=O)[C@@H]1[C@@H](O)CCN1C(=O)OCc1ccccc1. The number of carbonyl (C=O) groups is 2. The average molecular weight is 264 g/mol. The largest absolute Gasteiger partial charge is 0.445 e. The van der Waals surface area contributed by atoms with Gasteiger partial charge in [-0.3, -0.25) is 9.69 Å². The fourth-order valence-electron chi connectivity index (χ4n) is 2.13. The van der Waals surface area contributed by atoms with Gasteiger partial charge in [-0.25, -0.2) is 4.79 Å². The number of aliphatic hydroxyl groups is 1. The summed E-state index contributed by atoms with van der Waals surface area (Å²) in [7, 11) is 0. The van der Waals surface area contributed by atoms with Gasteiger partial charge in [-0.15, -0.1) is 0 Å². The van der Waals surface area contributed by atoms with Crippen LogP contribution in [0.3, 0.4) is 0 Å².